The van der Waals surface area contributed by atoms with Gasteiger partial charge in [-0.2, -0.15) is 0 Å². The number of carbonyl (C=O) groups is 2. The molecule has 0 fully saturated rings. The van der Waals surface area contributed by atoms with Crippen molar-refractivity contribution >= 4 is 28.3 Å². The number of hydrogen-bond donors (Lipinski definition) is 1. The van der Waals surface area contributed by atoms with Gasteiger partial charge >= 0.3 is 5.97 Å². The molecule has 0 aliphatic heterocycles. The Balaban J connectivity index is 2.03. The second-order valence-electron chi connectivity index (χ2n) is 5.19. The van der Waals surface area contributed by atoms with E-state index in [1.54, 1.807) is 39.3 Å². The van der Waals surface area contributed by atoms with E-state index in [0.29, 0.717) is 22.3 Å². The molecule has 1 aromatic heterocycles. The van der Waals surface area contributed by atoms with Crippen molar-refractivity contribution in [3.8, 4) is 11.5 Å². The number of esters is 1. The monoisotopic (exact) mass is 364 g/mol. The van der Waals surface area contributed by atoms with Crippen molar-refractivity contribution in [3.63, 3.8) is 0 Å². The third-order valence-corrected chi connectivity index (χ3v) is 4.56. The quantitative estimate of drug-likeness (QED) is 0.759. The molecule has 2 rings (SSSR count). The van der Waals surface area contributed by atoms with Crippen LogP contribution in [-0.2, 0) is 27.2 Å². The molecule has 0 radical (unpaired) electrons. The molecule has 0 aliphatic carbocycles. The molecule has 0 saturated carbocycles. The number of anilines is 1. The predicted octanol–water partition coefficient (Wildman–Crippen LogP) is 2.37. The highest BCUT2D eigenvalue weighted by atomic mass is 32.1. The minimum atomic E-state index is -0.338. The van der Waals surface area contributed by atoms with Gasteiger partial charge in [-0.15, -0.1) is 11.3 Å². The van der Waals surface area contributed by atoms with Crippen molar-refractivity contribution in [2.75, 3.05) is 26.6 Å². The fourth-order valence-corrected chi connectivity index (χ4v) is 3.15. The normalized spacial score (nSPS) is 10.2. The van der Waals surface area contributed by atoms with Gasteiger partial charge in [-0.3, -0.25) is 9.59 Å². The van der Waals surface area contributed by atoms with Gasteiger partial charge in [0.1, 0.15) is 0 Å². The highest BCUT2D eigenvalue weighted by molar-refractivity contribution is 7.16. The topological polar surface area (TPSA) is 86.8 Å². The molecule has 7 nitrogen and oxygen atoms in total. The van der Waals surface area contributed by atoms with Crippen LogP contribution in [0, 0.1) is 6.92 Å². The number of ether oxygens (including phenoxy) is 3. The number of hydrogen-bond acceptors (Lipinski definition) is 7. The molecular formula is C17H20N2O5S. The van der Waals surface area contributed by atoms with Gasteiger partial charge < -0.3 is 19.5 Å². The fraction of sp³-hybridized carbons (Fsp3) is 0.353. The maximum Gasteiger partial charge on any atom is 0.310 e. The maximum absolute atomic E-state index is 12.2. The lowest BCUT2D eigenvalue weighted by Crippen LogP contribution is -2.14. The molecule has 25 heavy (non-hydrogen) atoms. The van der Waals surface area contributed by atoms with Crippen LogP contribution in [0.15, 0.2) is 18.2 Å². The van der Waals surface area contributed by atoms with Crippen molar-refractivity contribution < 1.29 is 23.8 Å². The SMILES string of the molecule is COC(=O)Cc1sc(NC(=O)Cc2ccc(OC)c(OC)c2)nc1C. The summed E-state index contributed by atoms with van der Waals surface area (Å²) >= 11 is 1.27. The van der Waals surface area contributed by atoms with Crippen molar-refractivity contribution in [2.24, 2.45) is 0 Å². The van der Waals surface area contributed by atoms with E-state index in [4.69, 9.17) is 9.47 Å². The van der Waals surface area contributed by atoms with Crippen molar-refractivity contribution in [3.05, 3.63) is 34.3 Å². The van der Waals surface area contributed by atoms with Gasteiger partial charge in [-0.05, 0) is 24.6 Å². The van der Waals surface area contributed by atoms with Crippen molar-refractivity contribution in [1.82, 2.24) is 4.98 Å². The number of aryl methyl sites for hydroxylation is 1. The van der Waals surface area contributed by atoms with E-state index in [-0.39, 0.29) is 24.7 Å². The molecule has 1 heterocycles. The zero-order valence-electron chi connectivity index (χ0n) is 14.5. The number of rotatable bonds is 7. The predicted molar refractivity (Wildman–Crippen MR) is 94.5 cm³/mol. The highest BCUT2D eigenvalue weighted by Gasteiger charge is 2.14. The number of carbonyl (C=O) groups excluding carboxylic acids is 2. The van der Waals surface area contributed by atoms with Crippen LogP contribution in [0.1, 0.15) is 16.1 Å². The summed E-state index contributed by atoms with van der Waals surface area (Å²) in [6.45, 7) is 1.79. The first-order valence-electron chi connectivity index (χ1n) is 7.50. The first-order chi connectivity index (χ1) is 12.0. The van der Waals surface area contributed by atoms with E-state index in [1.807, 2.05) is 0 Å². The van der Waals surface area contributed by atoms with Gasteiger partial charge in [0.25, 0.3) is 0 Å². The van der Waals surface area contributed by atoms with Crippen LogP contribution in [0.3, 0.4) is 0 Å². The molecule has 0 saturated heterocycles. The Morgan fingerprint density at radius 1 is 1.12 bits per heavy atom. The van der Waals surface area contributed by atoms with Crippen LogP contribution in [-0.4, -0.2) is 38.2 Å². The second kappa shape index (κ2) is 8.48. The van der Waals surface area contributed by atoms with Gasteiger partial charge in [0.15, 0.2) is 16.6 Å². The van der Waals surface area contributed by atoms with Crippen LogP contribution >= 0.6 is 11.3 Å². The van der Waals surface area contributed by atoms with Crippen LogP contribution in [0.2, 0.25) is 0 Å². The van der Waals surface area contributed by atoms with Crippen molar-refractivity contribution in [1.29, 1.82) is 0 Å². The largest absolute Gasteiger partial charge is 0.493 e. The zero-order valence-corrected chi connectivity index (χ0v) is 15.4. The number of methoxy groups -OCH3 is 3. The minimum Gasteiger partial charge on any atom is -0.493 e. The van der Waals surface area contributed by atoms with Gasteiger partial charge in [-0.1, -0.05) is 6.07 Å². The summed E-state index contributed by atoms with van der Waals surface area (Å²) in [7, 11) is 4.44. The molecule has 0 bridgehead atoms. The van der Waals surface area contributed by atoms with Gasteiger partial charge in [-0.25, -0.2) is 4.98 Å². The molecule has 1 aromatic carbocycles. The summed E-state index contributed by atoms with van der Waals surface area (Å²) in [5, 5.41) is 3.21. The number of aromatic nitrogens is 1. The maximum atomic E-state index is 12.2. The Morgan fingerprint density at radius 2 is 1.84 bits per heavy atom. The van der Waals surface area contributed by atoms with E-state index in [1.165, 1.54) is 18.4 Å². The summed E-state index contributed by atoms with van der Waals surface area (Å²) in [6.07, 6.45) is 0.316. The third kappa shape index (κ3) is 4.93. The lowest BCUT2D eigenvalue weighted by atomic mass is 10.1. The number of nitrogens with zero attached hydrogens (tertiary/aromatic N) is 1. The zero-order chi connectivity index (χ0) is 18.4. The Kier molecular flexibility index (Phi) is 6.35. The van der Waals surface area contributed by atoms with Gasteiger partial charge in [0, 0.05) is 4.88 Å². The Morgan fingerprint density at radius 3 is 2.48 bits per heavy atom. The molecule has 0 spiro atoms. The third-order valence-electron chi connectivity index (χ3n) is 3.48. The molecule has 1 N–H and O–H groups in total. The number of amides is 1. The van der Waals surface area contributed by atoms with Gasteiger partial charge in [0.2, 0.25) is 5.91 Å². The van der Waals surface area contributed by atoms with E-state index in [0.717, 1.165) is 10.4 Å². The van der Waals surface area contributed by atoms with Crippen LogP contribution in [0.4, 0.5) is 5.13 Å². The average molecular weight is 364 g/mol. The van der Waals surface area contributed by atoms with E-state index < -0.39 is 0 Å². The van der Waals surface area contributed by atoms with E-state index >= 15 is 0 Å². The number of nitrogens with one attached hydrogen (secondary N) is 1. The standard InChI is InChI=1S/C17H20N2O5S/c1-10-14(9-16(21)24-4)25-17(18-10)19-15(20)8-11-5-6-12(22-2)13(7-11)23-3/h5-7H,8-9H2,1-4H3,(H,18,19,20). The number of thiazole rings is 1. The summed E-state index contributed by atoms with van der Waals surface area (Å²) in [5.74, 6) is 0.633. The summed E-state index contributed by atoms with van der Waals surface area (Å²) in [5.41, 5.74) is 1.50. The molecule has 0 aliphatic rings. The first-order valence-corrected chi connectivity index (χ1v) is 8.32. The lowest BCUT2D eigenvalue weighted by molar-refractivity contribution is -0.139. The lowest BCUT2D eigenvalue weighted by Gasteiger charge is -2.09. The second-order valence-corrected chi connectivity index (χ2v) is 6.28. The van der Waals surface area contributed by atoms with Crippen LogP contribution < -0.4 is 14.8 Å². The number of benzene rings is 1. The average Bonchev–Trinajstić information content (AvgIpc) is 2.93. The Labute approximate surface area is 149 Å². The molecule has 134 valence electrons. The van der Waals surface area contributed by atoms with Crippen LogP contribution in [0.25, 0.3) is 0 Å². The molecule has 2 aromatic rings. The van der Waals surface area contributed by atoms with Gasteiger partial charge in [0.05, 0.1) is 39.9 Å². The van der Waals surface area contributed by atoms with Crippen molar-refractivity contribution in [2.45, 2.75) is 19.8 Å². The first kappa shape index (κ1) is 18.7. The van der Waals surface area contributed by atoms with E-state index in [9.17, 15) is 9.59 Å². The Bertz CT molecular complexity index is 772. The summed E-state index contributed by atoms with van der Waals surface area (Å²) in [6, 6.07) is 5.31. The molecular weight excluding hydrogens is 344 g/mol. The van der Waals surface area contributed by atoms with Crippen LogP contribution in [0.5, 0.6) is 11.5 Å². The summed E-state index contributed by atoms with van der Waals surface area (Å²) < 4.78 is 15.1. The highest BCUT2D eigenvalue weighted by Crippen LogP contribution is 2.28. The molecule has 8 heteroatoms. The minimum absolute atomic E-state index is 0.144. The van der Waals surface area contributed by atoms with E-state index in [2.05, 4.69) is 15.0 Å². The fourth-order valence-electron chi connectivity index (χ4n) is 2.19. The molecule has 1 amide bonds. The molecule has 0 atom stereocenters. The molecule has 0 unspecified atom stereocenters. The smallest absolute Gasteiger partial charge is 0.310 e. The summed E-state index contributed by atoms with van der Waals surface area (Å²) in [4.78, 5) is 28.6. The Hall–Kier alpha value is -2.61.